The van der Waals surface area contributed by atoms with Crippen LogP contribution in [0.1, 0.15) is 15.9 Å². The van der Waals surface area contributed by atoms with E-state index in [0.717, 1.165) is 39.5 Å². The highest BCUT2D eigenvalue weighted by Crippen LogP contribution is 2.31. The molecule has 0 unspecified atom stereocenters. The average molecular weight is 505 g/mol. The number of fused-ring (bicyclic) bond motifs is 1. The second-order valence-electron chi connectivity index (χ2n) is 9.21. The summed E-state index contributed by atoms with van der Waals surface area (Å²) >= 11 is 0. The van der Waals surface area contributed by atoms with Gasteiger partial charge in [0.25, 0.3) is 5.91 Å². The molecule has 38 heavy (non-hydrogen) atoms. The third-order valence-electron chi connectivity index (χ3n) is 6.73. The number of morpholine rings is 1. The van der Waals surface area contributed by atoms with E-state index in [1.807, 2.05) is 82.4 Å². The van der Waals surface area contributed by atoms with Crippen LogP contribution in [0.3, 0.4) is 0 Å². The second kappa shape index (κ2) is 10.4. The standard InChI is InChI=1S/C30H28N6O2/c1-21-25(8-5-9-26(21)32-23-6-3-2-4-7-23)27-20-36-15-14-31-29(36)28(34-27)33-24-12-10-22(11-13-24)30(37)35-16-18-38-19-17-35/h2-15,20,32H,16-19H2,1H3,(H,33,34). The van der Waals surface area contributed by atoms with Crippen molar-refractivity contribution in [2.24, 2.45) is 0 Å². The molecule has 2 N–H and O–H groups in total. The van der Waals surface area contributed by atoms with Crippen LogP contribution in [0, 0.1) is 6.92 Å². The van der Waals surface area contributed by atoms with E-state index in [1.54, 1.807) is 6.20 Å². The predicted molar refractivity (Wildman–Crippen MR) is 149 cm³/mol. The molecule has 0 radical (unpaired) electrons. The third-order valence-corrected chi connectivity index (χ3v) is 6.73. The second-order valence-corrected chi connectivity index (χ2v) is 9.21. The van der Waals surface area contributed by atoms with Gasteiger partial charge in [-0.2, -0.15) is 0 Å². The number of nitrogens with one attached hydrogen (secondary N) is 2. The summed E-state index contributed by atoms with van der Waals surface area (Å²) in [6.07, 6.45) is 5.67. The number of carbonyl (C=O) groups is 1. The number of carbonyl (C=O) groups excluding carboxylic acids is 1. The first-order valence-electron chi connectivity index (χ1n) is 12.7. The van der Waals surface area contributed by atoms with Crippen LogP contribution in [-0.4, -0.2) is 51.5 Å². The monoisotopic (exact) mass is 504 g/mol. The lowest BCUT2D eigenvalue weighted by atomic mass is 10.0. The maximum atomic E-state index is 12.8. The highest BCUT2D eigenvalue weighted by molar-refractivity contribution is 5.94. The SMILES string of the molecule is Cc1c(Nc2ccccc2)cccc1-c1cn2ccnc2c(Nc2ccc(C(=O)N3CCOCC3)cc2)n1. The Morgan fingerprint density at radius 2 is 1.66 bits per heavy atom. The Morgan fingerprint density at radius 1 is 0.895 bits per heavy atom. The van der Waals surface area contributed by atoms with Gasteiger partial charge in [-0.05, 0) is 55.0 Å². The van der Waals surface area contributed by atoms with Gasteiger partial charge in [-0.15, -0.1) is 0 Å². The van der Waals surface area contributed by atoms with Crippen LogP contribution < -0.4 is 10.6 Å². The van der Waals surface area contributed by atoms with Crippen LogP contribution in [0.4, 0.5) is 22.9 Å². The summed E-state index contributed by atoms with van der Waals surface area (Å²) < 4.78 is 7.33. The normalized spacial score (nSPS) is 13.4. The molecule has 190 valence electrons. The zero-order valence-corrected chi connectivity index (χ0v) is 21.1. The number of amides is 1. The lowest BCUT2D eigenvalue weighted by Crippen LogP contribution is -2.40. The minimum absolute atomic E-state index is 0.0232. The van der Waals surface area contributed by atoms with Crippen molar-refractivity contribution in [2.45, 2.75) is 6.92 Å². The molecule has 3 aromatic carbocycles. The van der Waals surface area contributed by atoms with Crippen molar-refractivity contribution in [3.05, 3.63) is 103 Å². The molecule has 0 atom stereocenters. The largest absolute Gasteiger partial charge is 0.378 e. The van der Waals surface area contributed by atoms with E-state index in [1.165, 1.54) is 0 Å². The third kappa shape index (κ3) is 4.81. The van der Waals surface area contributed by atoms with Gasteiger partial charge in [0.2, 0.25) is 0 Å². The lowest BCUT2D eigenvalue weighted by Gasteiger charge is -2.26. The lowest BCUT2D eigenvalue weighted by molar-refractivity contribution is 0.0303. The topological polar surface area (TPSA) is 83.8 Å². The van der Waals surface area contributed by atoms with E-state index in [0.29, 0.717) is 37.7 Å². The summed E-state index contributed by atoms with van der Waals surface area (Å²) in [5.74, 6) is 0.663. The van der Waals surface area contributed by atoms with Gasteiger partial charge in [-0.1, -0.05) is 30.3 Å². The molecule has 0 saturated carbocycles. The quantitative estimate of drug-likeness (QED) is 0.310. The summed E-state index contributed by atoms with van der Waals surface area (Å²) in [5, 5.41) is 6.91. The highest BCUT2D eigenvalue weighted by atomic mass is 16.5. The number of imidazole rings is 1. The van der Waals surface area contributed by atoms with Gasteiger partial charge in [-0.25, -0.2) is 9.97 Å². The fourth-order valence-corrected chi connectivity index (χ4v) is 4.65. The summed E-state index contributed by atoms with van der Waals surface area (Å²) in [6, 6.07) is 23.8. The molecule has 2 aromatic heterocycles. The van der Waals surface area contributed by atoms with Gasteiger partial charge < -0.3 is 24.7 Å². The molecule has 1 amide bonds. The number of para-hydroxylation sites is 1. The predicted octanol–water partition coefficient (Wildman–Crippen LogP) is 5.66. The van der Waals surface area contributed by atoms with Crippen LogP contribution in [-0.2, 0) is 4.74 Å². The van der Waals surface area contributed by atoms with Gasteiger partial charge in [0.15, 0.2) is 11.5 Å². The zero-order valence-electron chi connectivity index (χ0n) is 21.1. The maximum Gasteiger partial charge on any atom is 0.254 e. The van der Waals surface area contributed by atoms with Gasteiger partial charge in [0.05, 0.1) is 18.9 Å². The number of rotatable bonds is 6. The van der Waals surface area contributed by atoms with Crippen LogP contribution >= 0.6 is 0 Å². The highest BCUT2D eigenvalue weighted by Gasteiger charge is 2.19. The summed E-state index contributed by atoms with van der Waals surface area (Å²) in [6.45, 7) is 4.50. The van der Waals surface area contributed by atoms with Crippen molar-refractivity contribution in [3.8, 4) is 11.3 Å². The molecule has 0 bridgehead atoms. The number of aromatic nitrogens is 3. The summed E-state index contributed by atoms with van der Waals surface area (Å²) in [5.41, 5.74) is 7.21. The number of anilines is 4. The molecule has 0 aliphatic carbocycles. The Balaban J connectivity index is 1.29. The number of hydrogen-bond donors (Lipinski definition) is 2. The first-order valence-corrected chi connectivity index (χ1v) is 12.7. The van der Waals surface area contributed by atoms with Crippen LogP contribution in [0.5, 0.6) is 0 Å². The first-order chi connectivity index (χ1) is 18.7. The Labute approximate surface area is 220 Å². The van der Waals surface area contributed by atoms with Gasteiger partial charge in [-0.3, -0.25) is 4.79 Å². The van der Waals surface area contributed by atoms with Crippen molar-refractivity contribution in [1.29, 1.82) is 0 Å². The number of benzene rings is 3. The van der Waals surface area contributed by atoms with E-state index < -0.39 is 0 Å². The van der Waals surface area contributed by atoms with Crippen LogP contribution in [0.25, 0.3) is 16.9 Å². The number of nitrogens with zero attached hydrogens (tertiary/aromatic N) is 4. The fraction of sp³-hybridized carbons (Fsp3) is 0.167. The molecule has 1 fully saturated rings. The minimum Gasteiger partial charge on any atom is -0.378 e. The van der Waals surface area contributed by atoms with Crippen molar-refractivity contribution < 1.29 is 9.53 Å². The molecule has 3 heterocycles. The summed E-state index contributed by atoms with van der Waals surface area (Å²) in [7, 11) is 0. The molecule has 1 aliphatic rings. The van der Waals surface area contributed by atoms with E-state index in [2.05, 4.69) is 34.7 Å². The first kappa shape index (κ1) is 23.7. The molecule has 0 spiro atoms. The molecular weight excluding hydrogens is 476 g/mol. The molecular formula is C30H28N6O2. The average Bonchev–Trinajstić information content (AvgIpc) is 3.45. The maximum absolute atomic E-state index is 12.8. The number of ether oxygens (including phenoxy) is 1. The molecule has 5 aromatic rings. The van der Waals surface area contributed by atoms with Crippen molar-refractivity contribution in [1.82, 2.24) is 19.3 Å². The molecule has 6 rings (SSSR count). The van der Waals surface area contributed by atoms with E-state index in [9.17, 15) is 4.79 Å². The molecule has 1 saturated heterocycles. The van der Waals surface area contributed by atoms with E-state index >= 15 is 0 Å². The van der Waals surface area contributed by atoms with Crippen molar-refractivity contribution >= 4 is 34.4 Å². The Kier molecular flexibility index (Phi) is 6.46. The fourth-order valence-electron chi connectivity index (χ4n) is 4.65. The Bertz CT molecular complexity index is 1570. The van der Waals surface area contributed by atoms with Crippen LogP contribution in [0.15, 0.2) is 91.4 Å². The molecule has 8 nitrogen and oxygen atoms in total. The van der Waals surface area contributed by atoms with E-state index in [4.69, 9.17) is 9.72 Å². The molecule has 8 heteroatoms. The van der Waals surface area contributed by atoms with Gasteiger partial charge in [0, 0.05) is 59.9 Å². The molecule has 1 aliphatic heterocycles. The van der Waals surface area contributed by atoms with E-state index in [-0.39, 0.29) is 5.91 Å². The van der Waals surface area contributed by atoms with Gasteiger partial charge >= 0.3 is 0 Å². The minimum atomic E-state index is 0.0232. The van der Waals surface area contributed by atoms with Gasteiger partial charge in [0.1, 0.15) is 0 Å². The smallest absolute Gasteiger partial charge is 0.254 e. The Hall–Kier alpha value is -4.69. The summed E-state index contributed by atoms with van der Waals surface area (Å²) in [4.78, 5) is 24.1. The zero-order chi connectivity index (χ0) is 25.9. The van der Waals surface area contributed by atoms with Crippen molar-refractivity contribution in [3.63, 3.8) is 0 Å². The van der Waals surface area contributed by atoms with Crippen LogP contribution in [0.2, 0.25) is 0 Å². The van der Waals surface area contributed by atoms with Crippen molar-refractivity contribution in [2.75, 3.05) is 36.9 Å². The Morgan fingerprint density at radius 3 is 2.45 bits per heavy atom. The number of hydrogen-bond acceptors (Lipinski definition) is 6.